The molecule has 0 aliphatic carbocycles. The first-order valence-electron chi connectivity index (χ1n) is 8.61. The molecule has 1 N–H and O–H groups in total. The van der Waals surface area contributed by atoms with Gasteiger partial charge in [-0.2, -0.15) is 0 Å². The van der Waals surface area contributed by atoms with Crippen LogP contribution < -0.4 is 10.7 Å². The van der Waals surface area contributed by atoms with Crippen molar-refractivity contribution in [2.24, 2.45) is 0 Å². The number of rotatable bonds is 2. The Bertz CT molecular complexity index is 1150. The highest BCUT2D eigenvalue weighted by Gasteiger charge is 2.27. The molecule has 0 unspecified atom stereocenters. The van der Waals surface area contributed by atoms with E-state index < -0.39 is 8.07 Å². The predicted molar refractivity (Wildman–Crippen MR) is 109 cm³/mol. The minimum Gasteiger partial charge on any atom is -0.350 e. The molecule has 4 rings (SSSR count). The maximum Gasteiger partial charge on any atom is 0.279 e. The lowest BCUT2D eigenvalue weighted by Gasteiger charge is -2.24. The molecule has 0 aliphatic rings. The molecule has 0 saturated carbocycles. The topological polar surface area (TPSA) is 37.8 Å². The first kappa shape index (κ1) is 15.9. The number of H-pyrrole nitrogens is 1. The lowest BCUT2D eigenvalue weighted by molar-refractivity contribution is 0.954. The first-order chi connectivity index (χ1) is 11.9. The lowest BCUT2D eigenvalue weighted by Crippen LogP contribution is -2.44. The van der Waals surface area contributed by atoms with E-state index in [2.05, 4.69) is 37.6 Å². The fourth-order valence-electron chi connectivity index (χ4n) is 3.92. The van der Waals surface area contributed by atoms with Crippen LogP contribution in [0.3, 0.4) is 0 Å². The van der Waals surface area contributed by atoms with E-state index in [4.69, 9.17) is 0 Å². The number of hydrogen-bond acceptors (Lipinski definition) is 1. The van der Waals surface area contributed by atoms with E-state index in [0.717, 1.165) is 27.7 Å². The van der Waals surface area contributed by atoms with Gasteiger partial charge in [-0.1, -0.05) is 56.0 Å². The van der Waals surface area contributed by atoms with Gasteiger partial charge in [-0.25, -0.2) is 0 Å². The fourth-order valence-corrected chi connectivity index (χ4v) is 6.13. The summed E-state index contributed by atoms with van der Waals surface area (Å²) in [7, 11) is -1.69. The molecule has 0 amide bonds. The molecule has 2 aromatic carbocycles. The molecule has 0 fully saturated rings. The van der Waals surface area contributed by atoms with Gasteiger partial charge in [0.1, 0.15) is 5.52 Å². The molecule has 0 aliphatic heterocycles. The van der Waals surface area contributed by atoms with Gasteiger partial charge in [0.15, 0.2) is 0 Å². The molecule has 0 saturated heterocycles. The van der Waals surface area contributed by atoms with Crippen molar-refractivity contribution < 1.29 is 0 Å². The van der Waals surface area contributed by atoms with Gasteiger partial charge < -0.3 is 4.98 Å². The van der Waals surface area contributed by atoms with Crippen molar-refractivity contribution in [3.8, 4) is 5.69 Å². The number of benzene rings is 2. The van der Waals surface area contributed by atoms with Crippen molar-refractivity contribution in [1.29, 1.82) is 0 Å². The molecule has 0 bridgehead atoms. The predicted octanol–water partition coefficient (Wildman–Crippen LogP) is 4.33. The summed E-state index contributed by atoms with van der Waals surface area (Å²) in [4.78, 5) is 16.7. The van der Waals surface area contributed by atoms with Crippen LogP contribution in [0.4, 0.5) is 0 Å². The van der Waals surface area contributed by atoms with Crippen LogP contribution in [-0.4, -0.2) is 17.6 Å². The normalized spacial score (nSPS) is 12.2. The SMILES string of the molecule is Cc1c([Si](C)(C)C)c2c([nH]c3ccccc32)c(=O)n1-c1ccccc1. The standard InChI is InChI=1S/C21H22N2OSi/c1-14-20(25(2,3)4)18-16-12-8-9-13-17(16)22-19(18)21(24)23(14)15-10-6-5-7-11-15/h5-13,22H,1-4H3. The number of nitrogens with zero attached hydrogens (tertiary/aromatic N) is 1. The molecule has 0 atom stereocenters. The number of nitrogens with one attached hydrogen (secondary N) is 1. The van der Waals surface area contributed by atoms with Crippen molar-refractivity contribution in [3.05, 3.63) is 70.6 Å². The summed E-state index contributed by atoms with van der Waals surface area (Å²) in [6.45, 7) is 9.12. The molecule has 0 spiro atoms. The smallest absolute Gasteiger partial charge is 0.279 e. The van der Waals surface area contributed by atoms with Crippen molar-refractivity contribution >= 4 is 35.1 Å². The molecular weight excluding hydrogens is 324 g/mol. The van der Waals surface area contributed by atoms with Crippen LogP contribution in [0.15, 0.2) is 59.4 Å². The second-order valence-electron chi connectivity index (χ2n) is 7.61. The number of para-hydroxylation sites is 2. The summed E-state index contributed by atoms with van der Waals surface area (Å²) < 4.78 is 1.87. The van der Waals surface area contributed by atoms with Gasteiger partial charge in [0.05, 0.1) is 8.07 Å². The van der Waals surface area contributed by atoms with Crippen LogP contribution in [0.25, 0.3) is 27.5 Å². The fraction of sp³-hybridized carbons (Fsp3) is 0.190. The molecule has 2 heterocycles. The molecule has 4 aromatic rings. The molecule has 25 heavy (non-hydrogen) atoms. The molecule has 4 heteroatoms. The lowest BCUT2D eigenvalue weighted by atomic mass is 10.1. The van der Waals surface area contributed by atoms with Crippen molar-refractivity contribution in [3.63, 3.8) is 0 Å². The highest BCUT2D eigenvalue weighted by molar-refractivity contribution is 6.91. The minimum atomic E-state index is -1.69. The number of aromatic amines is 1. The van der Waals surface area contributed by atoms with Gasteiger partial charge in [0, 0.05) is 27.7 Å². The van der Waals surface area contributed by atoms with E-state index in [9.17, 15) is 4.79 Å². The van der Waals surface area contributed by atoms with Gasteiger partial charge >= 0.3 is 0 Å². The summed E-state index contributed by atoms with van der Waals surface area (Å²) in [5, 5.41) is 3.61. The molecule has 0 radical (unpaired) electrons. The Morgan fingerprint density at radius 3 is 2.24 bits per heavy atom. The van der Waals surface area contributed by atoms with Crippen molar-refractivity contribution in [2.75, 3.05) is 0 Å². The van der Waals surface area contributed by atoms with E-state index >= 15 is 0 Å². The Kier molecular flexibility index (Phi) is 3.47. The van der Waals surface area contributed by atoms with Crippen LogP contribution >= 0.6 is 0 Å². The third kappa shape index (κ3) is 2.36. The van der Waals surface area contributed by atoms with Gasteiger partial charge in [-0.05, 0) is 30.3 Å². The average molecular weight is 347 g/mol. The van der Waals surface area contributed by atoms with E-state index in [0.29, 0.717) is 5.52 Å². The number of fused-ring (bicyclic) bond motifs is 3. The second kappa shape index (κ2) is 5.46. The quantitative estimate of drug-likeness (QED) is 0.539. The Hall–Kier alpha value is -2.59. The minimum absolute atomic E-state index is 0.0249. The van der Waals surface area contributed by atoms with Gasteiger partial charge in [-0.15, -0.1) is 0 Å². The average Bonchev–Trinajstić information content (AvgIpc) is 2.94. The number of pyridine rings is 1. The molecule has 126 valence electrons. The summed E-state index contributed by atoms with van der Waals surface area (Å²) in [5.74, 6) is 0. The van der Waals surface area contributed by atoms with Gasteiger partial charge in [0.2, 0.25) is 0 Å². The zero-order chi connectivity index (χ0) is 17.8. The highest BCUT2D eigenvalue weighted by atomic mass is 28.3. The maximum absolute atomic E-state index is 13.3. The van der Waals surface area contributed by atoms with Crippen molar-refractivity contribution in [1.82, 2.24) is 9.55 Å². The Labute approximate surface area is 147 Å². The highest BCUT2D eigenvalue weighted by Crippen LogP contribution is 2.26. The molecular formula is C21H22N2OSi. The summed E-state index contributed by atoms with van der Waals surface area (Å²) >= 11 is 0. The van der Waals surface area contributed by atoms with Crippen LogP contribution in [0.1, 0.15) is 5.69 Å². The second-order valence-corrected chi connectivity index (χ2v) is 12.6. The number of hydrogen-bond donors (Lipinski definition) is 1. The van der Waals surface area contributed by atoms with Crippen LogP contribution in [-0.2, 0) is 0 Å². The van der Waals surface area contributed by atoms with Gasteiger partial charge in [-0.3, -0.25) is 9.36 Å². The van der Waals surface area contributed by atoms with Crippen molar-refractivity contribution in [2.45, 2.75) is 26.6 Å². The first-order valence-corrected chi connectivity index (χ1v) is 12.1. The molecule has 3 nitrogen and oxygen atoms in total. The number of aromatic nitrogens is 2. The van der Waals surface area contributed by atoms with E-state index in [1.165, 1.54) is 5.19 Å². The largest absolute Gasteiger partial charge is 0.350 e. The van der Waals surface area contributed by atoms with E-state index in [1.807, 2.05) is 53.1 Å². The Morgan fingerprint density at radius 1 is 0.920 bits per heavy atom. The zero-order valence-corrected chi connectivity index (χ0v) is 16.1. The van der Waals surface area contributed by atoms with Crippen LogP contribution in [0.2, 0.25) is 19.6 Å². The third-order valence-corrected chi connectivity index (χ3v) is 6.95. The molecule has 2 aromatic heterocycles. The van der Waals surface area contributed by atoms with Crippen LogP contribution in [0, 0.1) is 6.92 Å². The summed E-state index contributed by atoms with van der Waals surface area (Å²) in [6, 6.07) is 18.1. The summed E-state index contributed by atoms with van der Waals surface area (Å²) in [6.07, 6.45) is 0. The van der Waals surface area contributed by atoms with E-state index in [-0.39, 0.29) is 5.56 Å². The van der Waals surface area contributed by atoms with E-state index in [1.54, 1.807) is 0 Å². The Morgan fingerprint density at radius 2 is 1.56 bits per heavy atom. The summed E-state index contributed by atoms with van der Waals surface area (Å²) in [5.41, 5.74) is 3.75. The monoisotopic (exact) mass is 346 g/mol. The maximum atomic E-state index is 13.3. The van der Waals surface area contributed by atoms with Crippen LogP contribution in [0.5, 0.6) is 0 Å². The van der Waals surface area contributed by atoms with Gasteiger partial charge in [0.25, 0.3) is 5.56 Å². The third-order valence-electron chi connectivity index (χ3n) is 4.83. The zero-order valence-electron chi connectivity index (χ0n) is 15.1. The Balaban J connectivity index is 2.28.